The van der Waals surface area contributed by atoms with Crippen LogP contribution >= 0.6 is 0 Å². The zero-order valence-corrected chi connectivity index (χ0v) is 12.4. The van der Waals surface area contributed by atoms with E-state index >= 15 is 0 Å². The van der Waals surface area contributed by atoms with Crippen LogP contribution in [0.25, 0.3) is 11.0 Å². The molecular formula is C17H15N3O3. The summed E-state index contributed by atoms with van der Waals surface area (Å²) < 4.78 is 0. The van der Waals surface area contributed by atoms with Gasteiger partial charge in [0.05, 0.1) is 28.8 Å². The molecule has 1 heterocycles. The summed E-state index contributed by atoms with van der Waals surface area (Å²) in [6.45, 7) is 1.82. The van der Waals surface area contributed by atoms with Crippen LogP contribution in [-0.4, -0.2) is 26.2 Å². The molecule has 0 radical (unpaired) electrons. The Morgan fingerprint density at radius 3 is 2.52 bits per heavy atom. The molecule has 6 nitrogen and oxygen atoms in total. The van der Waals surface area contributed by atoms with Crippen LogP contribution in [0.4, 0.5) is 11.5 Å². The lowest BCUT2D eigenvalue weighted by molar-refractivity contribution is -0.136. The van der Waals surface area contributed by atoms with Gasteiger partial charge in [-0.3, -0.25) is 4.79 Å². The Morgan fingerprint density at radius 2 is 1.83 bits per heavy atom. The maximum Gasteiger partial charge on any atom is 0.307 e. The van der Waals surface area contributed by atoms with E-state index < -0.39 is 5.97 Å². The Morgan fingerprint density at radius 1 is 1.13 bits per heavy atom. The Labute approximate surface area is 132 Å². The second kappa shape index (κ2) is 5.92. The molecule has 0 saturated carbocycles. The highest BCUT2D eigenvalue weighted by Gasteiger charge is 2.10. The first-order chi connectivity index (χ1) is 11.0. The first kappa shape index (κ1) is 14.8. The lowest BCUT2D eigenvalue weighted by Gasteiger charge is -2.12. The molecule has 0 bridgehead atoms. The molecule has 3 rings (SSSR count). The van der Waals surface area contributed by atoms with Crippen LogP contribution in [0.2, 0.25) is 0 Å². The van der Waals surface area contributed by atoms with Gasteiger partial charge in [0.15, 0.2) is 5.82 Å². The molecule has 1 aromatic heterocycles. The third-order valence-electron chi connectivity index (χ3n) is 3.41. The summed E-state index contributed by atoms with van der Waals surface area (Å²) >= 11 is 0. The zero-order valence-electron chi connectivity index (χ0n) is 12.4. The number of aromatic nitrogens is 2. The van der Waals surface area contributed by atoms with Crippen LogP contribution < -0.4 is 5.32 Å². The number of fused-ring (bicyclic) bond motifs is 1. The number of carboxylic acids is 1. The molecule has 3 N–H and O–H groups in total. The van der Waals surface area contributed by atoms with Crippen LogP contribution in [0.1, 0.15) is 11.3 Å². The molecule has 2 aromatic carbocycles. The molecule has 0 aliphatic heterocycles. The molecule has 0 aliphatic rings. The summed E-state index contributed by atoms with van der Waals surface area (Å²) in [6, 6.07) is 12.1. The van der Waals surface area contributed by atoms with Gasteiger partial charge in [0, 0.05) is 0 Å². The summed E-state index contributed by atoms with van der Waals surface area (Å²) in [6.07, 6.45) is -0.114. The molecule has 0 unspecified atom stereocenters. The van der Waals surface area contributed by atoms with Crippen molar-refractivity contribution < 1.29 is 15.0 Å². The summed E-state index contributed by atoms with van der Waals surface area (Å²) in [5.74, 6) is -0.386. The van der Waals surface area contributed by atoms with E-state index in [1.165, 1.54) is 6.07 Å². The standard InChI is InChI=1S/C17H15N3O3/c1-10-17(19-13-5-3-2-4-12(13)18-10)20-14-8-11(9-16(22)23)6-7-15(14)21/h2-8,21H,9H2,1H3,(H,19,20)(H,22,23). The Kier molecular flexibility index (Phi) is 3.80. The third kappa shape index (κ3) is 3.21. The number of nitrogens with zero attached hydrogens (tertiary/aromatic N) is 2. The number of carbonyl (C=O) groups is 1. The average molecular weight is 309 g/mol. The Balaban J connectivity index is 1.98. The fraction of sp³-hybridized carbons (Fsp3) is 0.118. The summed E-state index contributed by atoms with van der Waals surface area (Å²) in [5.41, 5.74) is 3.20. The number of phenols is 1. The number of carboxylic acid groups (broad SMARTS) is 1. The maximum atomic E-state index is 10.8. The quantitative estimate of drug-likeness (QED) is 0.641. The van der Waals surface area contributed by atoms with Crippen LogP contribution in [-0.2, 0) is 11.2 Å². The van der Waals surface area contributed by atoms with Gasteiger partial charge in [0.2, 0.25) is 0 Å². The van der Waals surface area contributed by atoms with Gasteiger partial charge in [-0.2, -0.15) is 0 Å². The number of phenolic OH excluding ortho intramolecular Hbond substituents is 1. The first-order valence-corrected chi connectivity index (χ1v) is 7.07. The second-order valence-corrected chi connectivity index (χ2v) is 5.19. The molecule has 0 spiro atoms. The number of hydrogen-bond donors (Lipinski definition) is 3. The zero-order chi connectivity index (χ0) is 16.4. The van der Waals surface area contributed by atoms with Gasteiger partial charge in [-0.15, -0.1) is 0 Å². The second-order valence-electron chi connectivity index (χ2n) is 5.19. The molecule has 0 amide bonds. The number of anilines is 2. The van der Waals surface area contributed by atoms with Crippen molar-refractivity contribution in [3.63, 3.8) is 0 Å². The predicted molar refractivity (Wildman–Crippen MR) is 87.0 cm³/mol. The van der Waals surface area contributed by atoms with Crippen molar-refractivity contribution in [3.8, 4) is 5.75 Å². The number of hydrogen-bond acceptors (Lipinski definition) is 5. The largest absolute Gasteiger partial charge is 0.506 e. The number of aliphatic carboxylic acids is 1. The Hall–Kier alpha value is -3.15. The minimum Gasteiger partial charge on any atom is -0.506 e. The summed E-state index contributed by atoms with van der Waals surface area (Å²) in [5, 5.41) is 21.9. The van der Waals surface area contributed by atoms with E-state index in [2.05, 4.69) is 15.3 Å². The third-order valence-corrected chi connectivity index (χ3v) is 3.41. The van der Waals surface area contributed by atoms with Gasteiger partial charge < -0.3 is 15.5 Å². The lowest BCUT2D eigenvalue weighted by Crippen LogP contribution is -2.03. The highest BCUT2D eigenvalue weighted by Crippen LogP contribution is 2.29. The SMILES string of the molecule is Cc1nc2ccccc2nc1Nc1cc(CC(=O)O)ccc1O. The van der Waals surface area contributed by atoms with Crippen molar-refractivity contribution in [2.24, 2.45) is 0 Å². The van der Waals surface area contributed by atoms with E-state index in [0.29, 0.717) is 22.8 Å². The van der Waals surface area contributed by atoms with Crippen LogP contribution in [0, 0.1) is 6.92 Å². The molecule has 0 aliphatic carbocycles. The average Bonchev–Trinajstić information content (AvgIpc) is 2.51. The number of benzene rings is 2. The fourth-order valence-corrected chi connectivity index (χ4v) is 2.30. The van der Waals surface area contributed by atoms with Gasteiger partial charge in [-0.05, 0) is 36.8 Å². The van der Waals surface area contributed by atoms with Crippen molar-refractivity contribution in [2.45, 2.75) is 13.3 Å². The minimum atomic E-state index is -0.927. The predicted octanol–water partition coefficient (Wildman–Crippen LogP) is 3.01. The van der Waals surface area contributed by atoms with Gasteiger partial charge in [0.25, 0.3) is 0 Å². The molecular weight excluding hydrogens is 294 g/mol. The number of aryl methyl sites for hydroxylation is 1. The van der Waals surface area contributed by atoms with Crippen molar-refractivity contribution in [2.75, 3.05) is 5.32 Å². The number of nitrogens with one attached hydrogen (secondary N) is 1. The van der Waals surface area contributed by atoms with Gasteiger partial charge in [-0.1, -0.05) is 18.2 Å². The van der Waals surface area contributed by atoms with Crippen molar-refractivity contribution in [1.29, 1.82) is 0 Å². The van der Waals surface area contributed by atoms with Crippen LogP contribution in [0.5, 0.6) is 5.75 Å². The van der Waals surface area contributed by atoms with E-state index in [-0.39, 0.29) is 12.2 Å². The van der Waals surface area contributed by atoms with Gasteiger partial charge in [0.1, 0.15) is 5.75 Å². The molecule has 0 atom stereocenters. The highest BCUT2D eigenvalue weighted by molar-refractivity contribution is 5.78. The molecule has 116 valence electrons. The smallest absolute Gasteiger partial charge is 0.307 e. The summed E-state index contributed by atoms with van der Waals surface area (Å²) in [7, 11) is 0. The summed E-state index contributed by atoms with van der Waals surface area (Å²) in [4.78, 5) is 19.8. The van der Waals surface area contributed by atoms with Gasteiger partial charge in [-0.25, -0.2) is 9.97 Å². The van der Waals surface area contributed by atoms with E-state index in [4.69, 9.17) is 5.11 Å². The fourth-order valence-electron chi connectivity index (χ4n) is 2.30. The first-order valence-electron chi connectivity index (χ1n) is 7.07. The minimum absolute atomic E-state index is 0.0218. The van der Waals surface area contributed by atoms with Gasteiger partial charge >= 0.3 is 5.97 Å². The van der Waals surface area contributed by atoms with E-state index in [9.17, 15) is 9.90 Å². The monoisotopic (exact) mass is 309 g/mol. The van der Waals surface area contributed by atoms with E-state index in [0.717, 1.165) is 11.0 Å². The van der Waals surface area contributed by atoms with E-state index in [1.807, 2.05) is 31.2 Å². The Bertz CT molecular complexity index is 893. The van der Waals surface area contributed by atoms with Crippen molar-refractivity contribution in [3.05, 3.63) is 53.7 Å². The topological polar surface area (TPSA) is 95.3 Å². The number of rotatable bonds is 4. The molecule has 3 aromatic rings. The normalized spacial score (nSPS) is 10.7. The molecule has 6 heteroatoms. The number of aromatic hydroxyl groups is 1. The van der Waals surface area contributed by atoms with Crippen LogP contribution in [0.15, 0.2) is 42.5 Å². The van der Waals surface area contributed by atoms with Crippen molar-refractivity contribution >= 4 is 28.5 Å². The maximum absolute atomic E-state index is 10.8. The van der Waals surface area contributed by atoms with Crippen LogP contribution in [0.3, 0.4) is 0 Å². The lowest BCUT2D eigenvalue weighted by atomic mass is 10.1. The molecule has 0 saturated heterocycles. The molecule has 0 fully saturated rings. The van der Waals surface area contributed by atoms with Crippen molar-refractivity contribution in [1.82, 2.24) is 9.97 Å². The molecule has 23 heavy (non-hydrogen) atoms. The van der Waals surface area contributed by atoms with E-state index in [1.54, 1.807) is 12.1 Å². The number of para-hydroxylation sites is 2. The highest BCUT2D eigenvalue weighted by atomic mass is 16.4.